The van der Waals surface area contributed by atoms with E-state index >= 15 is 0 Å². The first-order valence-electron chi connectivity index (χ1n) is 12.2. The van der Waals surface area contributed by atoms with Crippen molar-refractivity contribution in [2.75, 3.05) is 6.54 Å². The normalized spacial score (nSPS) is 27.0. The standard InChI is InChI=1S/C26H38N4/c1-2-3-4-5-6-7-8-9-10-13-16-30-23-18-21-15-12-11-14-20(21)17-22(23)24-25(27)28-19-29-26(24)30/h11-12,14,17-19,23-24,26H,2-10,13,15-16H2,1H3,(H2,27,28,29). The molecule has 4 nitrogen and oxygen atoms in total. The summed E-state index contributed by atoms with van der Waals surface area (Å²) in [5.74, 6) is 0.855. The van der Waals surface area contributed by atoms with E-state index in [4.69, 9.17) is 10.7 Å². The van der Waals surface area contributed by atoms with E-state index in [1.54, 1.807) is 6.34 Å². The number of unbranched alkanes of at least 4 members (excludes halogenated alkanes) is 9. The maximum Gasteiger partial charge on any atom is 0.118 e. The zero-order chi connectivity index (χ0) is 20.8. The molecule has 4 rings (SSSR count). The van der Waals surface area contributed by atoms with Crippen LogP contribution in [-0.4, -0.2) is 35.8 Å². The Morgan fingerprint density at radius 2 is 1.77 bits per heavy atom. The van der Waals surface area contributed by atoms with E-state index in [0.29, 0.717) is 6.04 Å². The second kappa shape index (κ2) is 10.4. The minimum atomic E-state index is 0.114. The number of likely N-dealkylation sites (tertiary alicyclic amines) is 1. The number of hydrogen-bond donors (Lipinski definition) is 1. The molecule has 0 spiro atoms. The second-order valence-electron chi connectivity index (χ2n) is 9.16. The minimum Gasteiger partial charge on any atom is -0.386 e. The summed E-state index contributed by atoms with van der Waals surface area (Å²) in [6.07, 6.45) is 27.9. The van der Waals surface area contributed by atoms with Gasteiger partial charge >= 0.3 is 0 Å². The first-order valence-corrected chi connectivity index (χ1v) is 12.2. The van der Waals surface area contributed by atoms with Crippen molar-refractivity contribution < 1.29 is 0 Å². The van der Waals surface area contributed by atoms with Crippen LogP contribution in [0.5, 0.6) is 0 Å². The van der Waals surface area contributed by atoms with E-state index < -0.39 is 0 Å². The molecule has 30 heavy (non-hydrogen) atoms. The van der Waals surface area contributed by atoms with Crippen molar-refractivity contribution >= 4 is 12.2 Å². The molecule has 3 atom stereocenters. The summed E-state index contributed by atoms with van der Waals surface area (Å²) >= 11 is 0. The molecule has 1 fully saturated rings. The van der Waals surface area contributed by atoms with Crippen LogP contribution in [0.3, 0.4) is 0 Å². The lowest BCUT2D eigenvalue weighted by Gasteiger charge is -2.29. The van der Waals surface area contributed by atoms with Crippen LogP contribution in [0.15, 0.2) is 57.1 Å². The highest BCUT2D eigenvalue weighted by molar-refractivity contribution is 5.94. The summed E-state index contributed by atoms with van der Waals surface area (Å²) < 4.78 is 0. The van der Waals surface area contributed by atoms with E-state index in [0.717, 1.165) is 18.8 Å². The topological polar surface area (TPSA) is 54.0 Å². The van der Waals surface area contributed by atoms with Crippen LogP contribution in [0.2, 0.25) is 0 Å². The lowest BCUT2D eigenvalue weighted by molar-refractivity contribution is 0.212. The van der Waals surface area contributed by atoms with Gasteiger partial charge in [-0.05, 0) is 29.6 Å². The zero-order valence-electron chi connectivity index (χ0n) is 18.6. The molecule has 2 N–H and O–H groups in total. The molecular formula is C26H38N4. The quantitative estimate of drug-likeness (QED) is 0.448. The molecule has 0 radical (unpaired) electrons. The van der Waals surface area contributed by atoms with E-state index in [2.05, 4.69) is 47.2 Å². The largest absolute Gasteiger partial charge is 0.386 e. The number of allylic oxidation sites excluding steroid dienone is 6. The molecular weight excluding hydrogens is 368 g/mol. The van der Waals surface area contributed by atoms with Gasteiger partial charge in [0.05, 0.1) is 12.0 Å². The van der Waals surface area contributed by atoms with Gasteiger partial charge in [0, 0.05) is 6.54 Å². The van der Waals surface area contributed by atoms with Crippen molar-refractivity contribution in [2.45, 2.75) is 89.8 Å². The van der Waals surface area contributed by atoms with Crippen molar-refractivity contribution in [3.05, 3.63) is 47.1 Å². The van der Waals surface area contributed by atoms with Crippen molar-refractivity contribution in [2.24, 2.45) is 21.6 Å². The van der Waals surface area contributed by atoms with Crippen LogP contribution in [0.1, 0.15) is 77.6 Å². The second-order valence-corrected chi connectivity index (χ2v) is 9.16. The maximum atomic E-state index is 6.35. The summed E-state index contributed by atoms with van der Waals surface area (Å²) in [6.45, 7) is 3.37. The highest BCUT2D eigenvalue weighted by Gasteiger charge is 2.47. The van der Waals surface area contributed by atoms with E-state index in [1.807, 2.05) is 0 Å². The van der Waals surface area contributed by atoms with Gasteiger partial charge in [-0.2, -0.15) is 0 Å². The van der Waals surface area contributed by atoms with Gasteiger partial charge in [0.15, 0.2) is 0 Å². The lowest BCUT2D eigenvalue weighted by atomic mass is 9.83. The molecule has 1 saturated heterocycles. The Kier molecular flexibility index (Phi) is 7.37. The number of rotatable bonds is 11. The summed E-state index contributed by atoms with van der Waals surface area (Å²) in [4.78, 5) is 11.7. The molecule has 0 aromatic heterocycles. The van der Waals surface area contributed by atoms with Crippen molar-refractivity contribution in [3.63, 3.8) is 0 Å². The predicted molar refractivity (Wildman–Crippen MR) is 128 cm³/mol. The fourth-order valence-corrected chi connectivity index (χ4v) is 5.33. The molecule has 3 unspecified atom stereocenters. The molecule has 0 amide bonds. The van der Waals surface area contributed by atoms with Gasteiger partial charge in [-0.1, -0.05) is 95.1 Å². The van der Waals surface area contributed by atoms with Crippen LogP contribution in [0.4, 0.5) is 0 Å². The molecule has 2 aliphatic heterocycles. The average molecular weight is 407 g/mol. The molecule has 4 heteroatoms. The first-order chi connectivity index (χ1) is 14.8. The third kappa shape index (κ3) is 4.69. The van der Waals surface area contributed by atoms with Crippen LogP contribution >= 0.6 is 0 Å². The Morgan fingerprint density at radius 3 is 2.53 bits per heavy atom. The monoisotopic (exact) mass is 406 g/mol. The number of nitrogens with two attached hydrogens (primary N) is 1. The molecule has 2 heterocycles. The zero-order valence-corrected chi connectivity index (χ0v) is 18.6. The van der Waals surface area contributed by atoms with E-state index in [-0.39, 0.29) is 12.1 Å². The number of amidine groups is 1. The summed E-state index contributed by atoms with van der Waals surface area (Å²) in [5.41, 5.74) is 10.5. The van der Waals surface area contributed by atoms with Crippen LogP contribution < -0.4 is 5.73 Å². The summed E-state index contributed by atoms with van der Waals surface area (Å²) in [6, 6.07) is 0.321. The van der Waals surface area contributed by atoms with Crippen molar-refractivity contribution in [3.8, 4) is 0 Å². The third-order valence-corrected chi connectivity index (χ3v) is 7.01. The van der Waals surface area contributed by atoms with Crippen LogP contribution in [-0.2, 0) is 0 Å². The third-order valence-electron chi connectivity index (χ3n) is 7.01. The summed E-state index contributed by atoms with van der Waals surface area (Å²) in [7, 11) is 0. The Hall–Kier alpha value is -1.94. The van der Waals surface area contributed by atoms with Crippen LogP contribution in [0.25, 0.3) is 0 Å². The molecule has 4 aliphatic rings. The highest BCUT2D eigenvalue weighted by Crippen LogP contribution is 2.43. The van der Waals surface area contributed by atoms with Gasteiger partial charge in [0.1, 0.15) is 18.3 Å². The number of fused-ring (bicyclic) bond motifs is 4. The summed E-state index contributed by atoms with van der Waals surface area (Å²) in [5, 5.41) is 0. The maximum absolute atomic E-state index is 6.35. The minimum absolute atomic E-state index is 0.114. The van der Waals surface area contributed by atoms with E-state index in [9.17, 15) is 0 Å². The SMILES string of the molecule is CCCCCCCCCCCCN1C2C=C3CC=CC=C3C=C2C2C(N)=NC=NC21. The fourth-order valence-electron chi connectivity index (χ4n) is 5.33. The Morgan fingerprint density at radius 1 is 1.03 bits per heavy atom. The predicted octanol–water partition coefficient (Wildman–Crippen LogP) is 5.69. The number of hydrogen-bond acceptors (Lipinski definition) is 4. The van der Waals surface area contributed by atoms with Gasteiger partial charge < -0.3 is 5.73 Å². The Balaban J connectivity index is 1.31. The van der Waals surface area contributed by atoms with Crippen molar-refractivity contribution in [1.29, 1.82) is 0 Å². The average Bonchev–Trinajstić information content (AvgIpc) is 3.07. The van der Waals surface area contributed by atoms with Gasteiger partial charge in [-0.3, -0.25) is 9.89 Å². The molecule has 0 bridgehead atoms. The molecule has 0 aromatic rings. The molecule has 0 aromatic carbocycles. The Bertz CT molecular complexity index is 783. The molecule has 2 aliphatic carbocycles. The Labute approximate surface area is 182 Å². The van der Waals surface area contributed by atoms with Gasteiger partial charge in [0.25, 0.3) is 0 Å². The molecule has 0 saturated carbocycles. The number of nitrogens with zero attached hydrogens (tertiary/aromatic N) is 3. The van der Waals surface area contributed by atoms with Gasteiger partial charge in [0.2, 0.25) is 0 Å². The van der Waals surface area contributed by atoms with Crippen LogP contribution in [0, 0.1) is 5.92 Å². The first kappa shape index (κ1) is 21.3. The van der Waals surface area contributed by atoms with Gasteiger partial charge in [-0.15, -0.1) is 0 Å². The van der Waals surface area contributed by atoms with Gasteiger partial charge in [-0.25, -0.2) is 4.99 Å². The fraction of sp³-hybridized carbons (Fsp3) is 0.615. The van der Waals surface area contributed by atoms with Crippen molar-refractivity contribution in [1.82, 2.24) is 4.90 Å². The lowest BCUT2D eigenvalue weighted by Crippen LogP contribution is -2.41. The smallest absolute Gasteiger partial charge is 0.118 e. The number of aliphatic imine (C=N–C) groups is 2. The molecule has 162 valence electrons. The highest BCUT2D eigenvalue weighted by atomic mass is 15.3. The van der Waals surface area contributed by atoms with E-state index in [1.165, 1.54) is 80.9 Å².